The molecule has 0 aromatic heterocycles. The summed E-state index contributed by atoms with van der Waals surface area (Å²) in [6, 6.07) is -0.0185. The van der Waals surface area contributed by atoms with Crippen LogP contribution in [0.25, 0.3) is 0 Å². The molecule has 0 aromatic rings. The molecule has 0 radical (unpaired) electrons. The van der Waals surface area contributed by atoms with Gasteiger partial charge in [-0.15, -0.1) is 6.42 Å². The lowest BCUT2D eigenvalue weighted by molar-refractivity contribution is -0.128. The lowest BCUT2D eigenvalue weighted by Crippen LogP contribution is -2.32. The van der Waals surface area contributed by atoms with Crippen LogP contribution in [-0.4, -0.2) is 23.4 Å². The van der Waals surface area contributed by atoms with Crippen molar-refractivity contribution in [2.24, 2.45) is 0 Å². The largest absolute Gasteiger partial charge is 0.329 e. The summed E-state index contributed by atoms with van der Waals surface area (Å²) < 4.78 is 0. The van der Waals surface area contributed by atoms with Gasteiger partial charge in [0.1, 0.15) is 0 Å². The fourth-order valence-electron chi connectivity index (χ4n) is 1.17. The highest BCUT2D eigenvalue weighted by atomic mass is 16.2. The van der Waals surface area contributed by atoms with Gasteiger partial charge in [-0.3, -0.25) is 4.79 Å². The number of hydrogen-bond donors (Lipinski definition) is 0. The molecular formula is C8H11NO. The van der Waals surface area contributed by atoms with Gasteiger partial charge in [0.15, 0.2) is 0 Å². The molecule has 1 saturated heterocycles. The van der Waals surface area contributed by atoms with Crippen molar-refractivity contribution in [2.75, 3.05) is 6.54 Å². The van der Waals surface area contributed by atoms with Crippen LogP contribution in [0.15, 0.2) is 0 Å². The van der Waals surface area contributed by atoms with Gasteiger partial charge in [-0.25, -0.2) is 0 Å². The van der Waals surface area contributed by atoms with Crippen molar-refractivity contribution in [3.8, 4) is 12.3 Å². The average Bonchev–Trinajstić information content (AvgIpc) is 2.34. The fraction of sp³-hybridized carbons (Fsp3) is 0.625. The van der Waals surface area contributed by atoms with E-state index in [1.807, 2.05) is 6.92 Å². The Labute approximate surface area is 61.2 Å². The van der Waals surface area contributed by atoms with Crippen LogP contribution >= 0.6 is 0 Å². The molecule has 1 atom stereocenters. The van der Waals surface area contributed by atoms with E-state index in [0.717, 1.165) is 13.0 Å². The first kappa shape index (κ1) is 7.14. The average molecular weight is 137 g/mol. The molecule has 1 heterocycles. The van der Waals surface area contributed by atoms with Crippen molar-refractivity contribution >= 4 is 5.91 Å². The third kappa shape index (κ3) is 1.13. The molecule has 0 spiro atoms. The fourth-order valence-corrected chi connectivity index (χ4v) is 1.17. The summed E-state index contributed by atoms with van der Waals surface area (Å²) in [5.74, 6) is 2.74. The molecule has 1 amide bonds. The highest BCUT2D eigenvalue weighted by Gasteiger charge is 2.23. The summed E-state index contributed by atoms with van der Waals surface area (Å²) in [6.45, 7) is 2.72. The van der Waals surface area contributed by atoms with Crippen molar-refractivity contribution in [3.63, 3.8) is 0 Å². The van der Waals surface area contributed by atoms with Crippen LogP contribution in [0.4, 0.5) is 0 Å². The number of likely N-dealkylation sites (tertiary alicyclic amines) is 1. The number of amides is 1. The molecular weight excluding hydrogens is 126 g/mol. The second-order valence-corrected chi connectivity index (χ2v) is 2.53. The second kappa shape index (κ2) is 2.74. The maximum Gasteiger partial charge on any atom is 0.223 e. The Morgan fingerprint density at radius 1 is 1.80 bits per heavy atom. The molecule has 0 bridgehead atoms. The SMILES string of the molecule is C#CC(C)N1CCCC1=O. The minimum Gasteiger partial charge on any atom is -0.329 e. The third-order valence-corrected chi connectivity index (χ3v) is 1.82. The van der Waals surface area contributed by atoms with Gasteiger partial charge in [0.2, 0.25) is 5.91 Å². The lowest BCUT2D eigenvalue weighted by Gasteiger charge is -2.18. The van der Waals surface area contributed by atoms with Gasteiger partial charge in [-0.2, -0.15) is 0 Å². The molecule has 2 nitrogen and oxygen atoms in total. The number of rotatable bonds is 1. The van der Waals surface area contributed by atoms with Crippen LogP contribution in [-0.2, 0) is 4.79 Å². The highest BCUT2D eigenvalue weighted by Crippen LogP contribution is 2.12. The number of terminal acetylenes is 1. The van der Waals surface area contributed by atoms with E-state index in [1.54, 1.807) is 4.90 Å². The summed E-state index contributed by atoms with van der Waals surface area (Å²) in [6.07, 6.45) is 6.81. The molecule has 1 unspecified atom stereocenters. The molecule has 1 rings (SSSR count). The van der Waals surface area contributed by atoms with E-state index in [1.165, 1.54) is 0 Å². The van der Waals surface area contributed by atoms with Crippen LogP contribution in [0.1, 0.15) is 19.8 Å². The van der Waals surface area contributed by atoms with Crippen molar-refractivity contribution < 1.29 is 4.79 Å². The topological polar surface area (TPSA) is 20.3 Å². The zero-order chi connectivity index (χ0) is 7.56. The van der Waals surface area contributed by atoms with Crippen LogP contribution in [0.3, 0.4) is 0 Å². The molecule has 0 saturated carbocycles. The standard InChI is InChI=1S/C8H11NO/c1-3-7(2)9-6-4-5-8(9)10/h1,7H,4-6H2,2H3. The van der Waals surface area contributed by atoms with Crippen LogP contribution in [0, 0.1) is 12.3 Å². The van der Waals surface area contributed by atoms with Crippen molar-refractivity contribution in [3.05, 3.63) is 0 Å². The Morgan fingerprint density at radius 2 is 2.50 bits per heavy atom. The van der Waals surface area contributed by atoms with Gasteiger partial charge in [0.25, 0.3) is 0 Å². The number of carbonyl (C=O) groups excluding carboxylic acids is 1. The third-order valence-electron chi connectivity index (χ3n) is 1.82. The van der Waals surface area contributed by atoms with Crippen molar-refractivity contribution in [2.45, 2.75) is 25.8 Å². The predicted octanol–water partition coefficient (Wildman–Crippen LogP) is 0.631. The van der Waals surface area contributed by atoms with E-state index >= 15 is 0 Å². The molecule has 0 aromatic carbocycles. The van der Waals surface area contributed by atoms with Gasteiger partial charge in [0.05, 0.1) is 6.04 Å². The van der Waals surface area contributed by atoms with Gasteiger partial charge in [-0.05, 0) is 13.3 Å². The van der Waals surface area contributed by atoms with E-state index in [-0.39, 0.29) is 11.9 Å². The zero-order valence-electron chi connectivity index (χ0n) is 6.13. The summed E-state index contributed by atoms with van der Waals surface area (Å²) in [5.41, 5.74) is 0. The maximum atomic E-state index is 11.0. The van der Waals surface area contributed by atoms with Crippen molar-refractivity contribution in [1.29, 1.82) is 0 Å². The van der Waals surface area contributed by atoms with Gasteiger partial charge in [-0.1, -0.05) is 5.92 Å². The van der Waals surface area contributed by atoms with E-state index in [9.17, 15) is 4.79 Å². The van der Waals surface area contributed by atoms with Gasteiger partial charge < -0.3 is 4.90 Å². The number of nitrogens with zero attached hydrogens (tertiary/aromatic N) is 1. The smallest absolute Gasteiger partial charge is 0.223 e. The Morgan fingerprint density at radius 3 is 2.90 bits per heavy atom. The van der Waals surface area contributed by atoms with E-state index in [4.69, 9.17) is 6.42 Å². The monoisotopic (exact) mass is 137 g/mol. The summed E-state index contributed by atoms with van der Waals surface area (Å²) >= 11 is 0. The molecule has 1 fully saturated rings. The van der Waals surface area contributed by atoms with E-state index in [0.29, 0.717) is 6.42 Å². The summed E-state index contributed by atoms with van der Waals surface area (Å²) in [4.78, 5) is 12.8. The second-order valence-electron chi connectivity index (χ2n) is 2.53. The maximum absolute atomic E-state index is 11.0. The minimum absolute atomic E-state index is 0.0185. The number of hydrogen-bond acceptors (Lipinski definition) is 1. The Balaban J connectivity index is 2.57. The van der Waals surface area contributed by atoms with Crippen LogP contribution in [0.5, 0.6) is 0 Å². The summed E-state index contributed by atoms with van der Waals surface area (Å²) in [5, 5.41) is 0. The Kier molecular flexibility index (Phi) is 1.96. The normalized spacial score (nSPS) is 20.8. The molecule has 0 aliphatic carbocycles. The molecule has 10 heavy (non-hydrogen) atoms. The summed E-state index contributed by atoms with van der Waals surface area (Å²) in [7, 11) is 0. The molecule has 2 heteroatoms. The predicted molar refractivity (Wildman–Crippen MR) is 39.2 cm³/mol. The van der Waals surface area contributed by atoms with E-state index in [2.05, 4.69) is 5.92 Å². The van der Waals surface area contributed by atoms with Crippen molar-refractivity contribution in [1.82, 2.24) is 4.90 Å². The van der Waals surface area contributed by atoms with E-state index < -0.39 is 0 Å². The molecule has 1 aliphatic rings. The quantitative estimate of drug-likeness (QED) is 0.485. The zero-order valence-corrected chi connectivity index (χ0v) is 6.13. The Bertz CT molecular complexity index is 180. The molecule has 54 valence electrons. The van der Waals surface area contributed by atoms with Crippen LogP contribution < -0.4 is 0 Å². The first-order chi connectivity index (χ1) is 4.75. The highest BCUT2D eigenvalue weighted by molar-refractivity contribution is 5.78. The lowest BCUT2D eigenvalue weighted by atomic mass is 10.3. The first-order valence-corrected chi connectivity index (χ1v) is 3.51. The molecule has 0 N–H and O–H groups in total. The molecule has 1 aliphatic heterocycles. The number of carbonyl (C=O) groups is 1. The van der Waals surface area contributed by atoms with Gasteiger partial charge >= 0.3 is 0 Å². The Hall–Kier alpha value is -0.970. The van der Waals surface area contributed by atoms with Gasteiger partial charge in [0, 0.05) is 13.0 Å². The van der Waals surface area contributed by atoms with Crippen LogP contribution in [0.2, 0.25) is 0 Å². The first-order valence-electron chi connectivity index (χ1n) is 3.51. The minimum atomic E-state index is -0.0185.